The number of nitrogens with zero attached hydrogens (tertiary/aromatic N) is 1. The number of carboxylic acid groups (broad SMARTS) is 1. The molecule has 0 aromatic carbocycles. The molecule has 102 valence electrons. The van der Waals surface area contributed by atoms with Crippen molar-refractivity contribution < 1.29 is 14.7 Å². The lowest BCUT2D eigenvalue weighted by Crippen LogP contribution is -2.52. The molecule has 2 rings (SSSR count). The van der Waals surface area contributed by atoms with Crippen LogP contribution >= 0.6 is 23.5 Å². The van der Waals surface area contributed by atoms with Crippen molar-refractivity contribution in [3.8, 4) is 0 Å². The molecule has 0 bridgehead atoms. The van der Waals surface area contributed by atoms with Crippen LogP contribution in [0.3, 0.4) is 0 Å². The van der Waals surface area contributed by atoms with Gasteiger partial charge in [-0.05, 0) is 25.5 Å². The van der Waals surface area contributed by atoms with Crippen LogP contribution in [0.25, 0.3) is 0 Å². The Morgan fingerprint density at radius 2 is 2.17 bits per heavy atom. The largest absolute Gasteiger partial charge is 0.480 e. The van der Waals surface area contributed by atoms with Crippen molar-refractivity contribution in [2.45, 2.75) is 37.2 Å². The van der Waals surface area contributed by atoms with Gasteiger partial charge in [-0.1, -0.05) is 0 Å². The van der Waals surface area contributed by atoms with Crippen LogP contribution in [0.5, 0.6) is 0 Å². The molecule has 2 amide bonds. The van der Waals surface area contributed by atoms with Crippen LogP contribution in [0.1, 0.15) is 19.8 Å². The summed E-state index contributed by atoms with van der Waals surface area (Å²) in [6.07, 6.45) is 2.11. The van der Waals surface area contributed by atoms with E-state index in [9.17, 15) is 9.59 Å². The second kappa shape index (κ2) is 6.06. The van der Waals surface area contributed by atoms with E-state index in [4.69, 9.17) is 5.11 Å². The molecule has 3 atom stereocenters. The van der Waals surface area contributed by atoms with Crippen LogP contribution in [-0.2, 0) is 4.79 Å². The number of carboxylic acids is 1. The first-order valence-electron chi connectivity index (χ1n) is 6.10. The average Bonchev–Trinajstić information content (AvgIpc) is 2.72. The molecule has 2 heterocycles. The van der Waals surface area contributed by atoms with Crippen LogP contribution < -0.4 is 5.32 Å². The van der Waals surface area contributed by atoms with E-state index < -0.39 is 12.0 Å². The van der Waals surface area contributed by atoms with Crippen molar-refractivity contribution in [3.63, 3.8) is 0 Å². The van der Waals surface area contributed by atoms with Gasteiger partial charge in [-0.25, -0.2) is 9.59 Å². The van der Waals surface area contributed by atoms with E-state index in [0.717, 1.165) is 24.3 Å². The van der Waals surface area contributed by atoms with Crippen molar-refractivity contribution in [1.82, 2.24) is 10.2 Å². The Morgan fingerprint density at radius 1 is 1.39 bits per heavy atom. The number of thioether (sulfide) groups is 2. The minimum absolute atomic E-state index is 0.0673. The molecule has 0 aliphatic carbocycles. The molecule has 0 aromatic rings. The predicted octanol–water partition coefficient (Wildman–Crippen LogP) is 1.44. The molecule has 2 fully saturated rings. The topological polar surface area (TPSA) is 69.6 Å². The number of hydrogen-bond acceptors (Lipinski definition) is 4. The SMILES string of the molecule is CC1SCC(C(=O)O)N1C(=O)NC1CCCSC1. The monoisotopic (exact) mass is 290 g/mol. The fourth-order valence-corrected chi connectivity index (χ4v) is 4.48. The minimum Gasteiger partial charge on any atom is -0.480 e. The van der Waals surface area contributed by atoms with Crippen LogP contribution in [0.15, 0.2) is 0 Å². The van der Waals surface area contributed by atoms with Gasteiger partial charge in [0.25, 0.3) is 0 Å². The van der Waals surface area contributed by atoms with Gasteiger partial charge in [0.05, 0.1) is 5.37 Å². The first-order chi connectivity index (χ1) is 8.59. The van der Waals surface area contributed by atoms with E-state index >= 15 is 0 Å². The Labute approximate surface area is 115 Å². The van der Waals surface area contributed by atoms with E-state index in [1.165, 1.54) is 16.7 Å². The van der Waals surface area contributed by atoms with Gasteiger partial charge >= 0.3 is 12.0 Å². The highest BCUT2D eigenvalue weighted by molar-refractivity contribution is 8.00. The van der Waals surface area contributed by atoms with Crippen LogP contribution in [0.2, 0.25) is 0 Å². The van der Waals surface area contributed by atoms with Crippen molar-refractivity contribution in [3.05, 3.63) is 0 Å². The molecule has 3 unspecified atom stereocenters. The molecule has 2 saturated heterocycles. The third-order valence-electron chi connectivity index (χ3n) is 3.23. The Balaban J connectivity index is 1.95. The summed E-state index contributed by atoms with van der Waals surface area (Å²) < 4.78 is 0. The predicted molar refractivity (Wildman–Crippen MR) is 74.1 cm³/mol. The molecule has 18 heavy (non-hydrogen) atoms. The fourth-order valence-electron chi connectivity index (χ4n) is 2.25. The summed E-state index contributed by atoms with van der Waals surface area (Å²) in [6, 6.07) is -0.739. The third kappa shape index (κ3) is 3.06. The Kier molecular flexibility index (Phi) is 4.66. The summed E-state index contributed by atoms with van der Waals surface area (Å²) in [7, 11) is 0. The highest BCUT2D eigenvalue weighted by Gasteiger charge is 2.40. The van der Waals surface area contributed by atoms with Crippen LogP contribution in [-0.4, -0.2) is 56.7 Å². The van der Waals surface area contributed by atoms with Gasteiger partial charge in [0.2, 0.25) is 0 Å². The van der Waals surface area contributed by atoms with Gasteiger partial charge in [-0.3, -0.25) is 4.90 Å². The smallest absolute Gasteiger partial charge is 0.327 e. The molecule has 2 N–H and O–H groups in total. The van der Waals surface area contributed by atoms with Crippen LogP contribution in [0, 0.1) is 0 Å². The standard InChI is InChI=1S/C11H18N2O3S2/c1-7-13(9(6-18-7)10(14)15)11(16)12-8-3-2-4-17-5-8/h7-9H,2-6H2,1H3,(H,12,16)(H,14,15). The van der Waals surface area contributed by atoms with Crippen molar-refractivity contribution in [2.24, 2.45) is 0 Å². The van der Waals surface area contributed by atoms with E-state index in [0.29, 0.717) is 5.75 Å². The Morgan fingerprint density at radius 3 is 2.78 bits per heavy atom. The molecule has 2 aliphatic rings. The zero-order chi connectivity index (χ0) is 13.1. The maximum atomic E-state index is 12.2. The second-order valence-corrected chi connectivity index (χ2v) is 7.06. The van der Waals surface area contributed by atoms with E-state index in [1.54, 1.807) is 0 Å². The number of carbonyl (C=O) groups excluding carboxylic acids is 1. The molecular weight excluding hydrogens is 272 g/mol. The normalized spacial score (nSPS) is 32.3. The molecule has 0 spiro atoms. The Hall–Kier alpha value is -0.560. The Bertz CT molecular complexity index is 334. The molecule has 7 heteroatoms. The molecule has 0 aromatic heterocycles. The van der Waals surface area contributed by atoms with Gasteiger partial charge < -0.3 is 10.4 Å². The zero-order valence-electron chi connectivity index (χ0n) is 10.3. The summed E-state index contributed by atoms with van der Waals surface area (Å²) in [6.45, 7) is 1.88. The maximum absolute atomic E-state index is 12.2. The molecule has 5 nitrogen and oxygen atoms in total. The quantitative estimate of drug-likeness (QED) is 0.805. The second-order valence-electron chi connectivity index (χ2n) is 4.56. The summed E-state index contributed by atoms with van der Waals surface area (Å²) >= 11 is 3.35. The number of urea groups is 1. The summed E-state index contributed by atoms with van der Waals surface area (Å²) in [5.41, 5.74) is 0. The molecule has 0 saturated carbocycles. The van der Waals surface area contributed by atoms with E-state index in [2.05, 4.69) is 5.32 Å². The maximum Gasteiger partial charge on any atom is 0.327 e. The third-order valence-corrected chi connectivity index (χ3v) is 5.66. The van der Waals surface area contributed by atoms with E-state index in [1.807, 2.05) is 18.7 Å². The summed E-state index contributed by atoms with van der Waals surface area (Å²) in [4.78, 5) is 24.7. The number of carbonyl (C=O) groups is 2. The first kappa shape index (κ1) is 13.9. The van der Waals surface area contributed by atoms with E-state index in [-0.39, 0.29) is 17.4 Å². The first-order valence-corrected chi connectivity index (χ1v) is 8.31. The lowest BCUT2D eigenvalue weighted by Gasteiger charge is -2.29. The minimum atomic E-state index is -0.917. The number of rotatable bonds is 2. The van der Waals surface area contributed by atoms with Gasteiger partial charge in [-0.15, -0.1) is 11.8 Å². The fraction of sp³-hybridized carbons (Fsp3) is 0.818. The van der Waals surface area contributed by atoms with Gasteiger partial charge in [0, 0.05) is 17.5 Å². The van der Waals surface area contributed by atoms with Gasteiger partial charge in [-0.2, -0.15) is 11.8 Å². The summed E-state index contributed by atoms with van der Waals surface area (Å²) in [5, 5.41) is 12.0. The number of aliphatic carboxylic acids is 1. The highest BCUT2D eigenvalue weighted by atomic mass is 32.2. The van der Waals surface area contributed by atoms with Crippen molar-refractivity contribution in [2.75, 3.05) is 17.3 Å². The molecule has 2 aliphatic heterocycles. The highest BCUT2D eigenvalue weighted by Crippen LogP contribution is 2.29. The van der Waals surface area contributed by atoms with Crippen molar-refractivity contribution in [1.29, 1.82) is 0 Å². The van der Waals surface area contributed by atoms with Gasteiger partial charge in [0.15, 0.2) is 0 Å². The van der Waals surface area contributed by atoms with Gasteiger partial charge in [0.1, 0.15) is 6.04 Å². The summed E-state index contributed by atoms with van der Waals surface area (Å²) in [5.74, 6) is 1.64. The zero-order valence-corrected chi connectivity index (χ0v) is 11.9. The average molecular weight is 290 g/mol. The molecular formula is C11H18N2O3S2. The number of hydrogen-bond donors (Lipinski definition) is 2. The number of amides is 2. The molecule has 0 radical (unpaired) electrons. The lowest BCUT2D eigenvalue weighted by molar-refractivity contribution is -0.141. The van der Waals surface area contributed by atoms with Crippen molar-refractivity contribution >= 4 is 35.5 Å². The lowest BCUT2D eigenvalue weighted by atomic mass is 10.2. The number of nitrogens with one attached hydrogen (secondary N) is 1. The van der Waals surface area contributed by atoms with Crippen LogP contribution in [0.4, 0.5) is 4.79 Å².